The van der Waals surface area contributed by atoms with Crippen LogP contribution in [-0.2, 0) is 11.3 Å². The van der Waals surface area contributed by atoms with Crippen LogP contribution in [0.1, 0.15) is 24.8 Å². The van der Waals surface area contributed by atoms with E-state index in [4.69, 9.17) is 11.6 Å². The minimum absolute atomic E-state index is 0.105. The van der Waals surface area contributed by atoms with E-state index in [9.17, 15) is 4.79 Å². The van der Waals surface area contributed by atoms with Crippen LogP contribution in [0, 0.1) is 5.92 Å². The average Bonchev–Trinajstić information content (AvgIpc) is 2.77. The molecule has 4 nitrogen and oxygen atoms in total. The fourth-order valence-corrected chi connectivity index (χ4v) is 2.43. The van der Waals surface area contributed by atoms with E-state index in [2.05, 4.69) is 10.4 Å². The largest absolute Gasteiger partial charge is 0.323 e. The monoisotopic (exact) mass is 289 g/mol. The van der Waals surface area contributed by atoms with Crippen LogP contribution in [0.3, 0.4) is 0 Å². The first-order valence-electron chi connectivity index (χ1n) is 6.79. The van der Waals surface area contributed by atoms with Gasteiger partial charge in [0.15, 0.2) is 0 Å². The maximum Gasteiger partial charge on any atom is 0.227 e. The van der Waals surface area contributed by atoms with Crippen molar-refractivity contribution in [2.45, 2.75) is 25.8 Å². The van der Waals surface area contributed by atoms with Crippen LogP contribution in [0.15, 0.2) is 36.7 Å². The van der Waals surface area contributed by atoms with Crippen molar-refractivity contribution in [3.8, 4) is 0 Å². The Kier molecular flexibility index (Phi) is 3.74. The Morgan fingerprint density at radius 2 is 2.20 bits per heavy atom. The number of nitrogens with zero attached hydrogens (tertiary/aromatic N) is 2. The van der Waals surface area contributed by atoms with Crippen LogP contribution >= 0.6 is 11.6 Å². The van der Waals surface area contributed by atoms with Gasteiger partial charge in [0.25, 0.3) is 0 Å². The summed E-state index contributed by atoms with van der Waals surface area (Å²) in [6.45, 7) is 0.596. The minimum atomic E-state index is 0.105. The Labute approximate surface area is 122 Å². The van der Waals surface area contributed by atoms with Gasteiger partial charge in [-0.05, 0) is 24.5 Å². The van der Waals surface area contributed by atoms with Gasteiger partial charge in [0.1, 0.15) is 0 Å². The lowest BCUT2D eigenvalue weighted by Gasteiger charge is -2.23. The van der Waals surface area contributed by atoms with Crippen molar-refractivity contribution in [2.75, 3.05) is 5.32 Å². The second-order valence-electron chi connectivity index (χ2n) is 5.14. The zero-order valence-electron chi connectivity index (χ0n) is 11.1. The van der Waals surface area contributed by atoms with Gasteiger partial charge in [0, 0.05) is 17.1 Å². The topological polar surface area (TPSA) is 46.9 Å². The number of aromatic nitrogens is 2. The molecular weight excluding hydrogens is 274 g/mol. The first-order valence-corrected chi connectivity index (χ1v) is 7.17. The van der Waals surface area contributed by atoms with Gasteiger partial charge < -0.3 is 5.32 Å². The number of carbonyl (C=O) groups excluding carboxylic acids is 1. The molecule has 1 aromatic carbocycles. The third kappa shape index (κ3) is 2.85. The molecule has 0 spiro atoms. The van der Waals surface area contributed by atoms with E-state index in [0.717, 1.165) is 35.5 Å². The highest BCUT2D eigenvalue weighted by Crippen LogP contribution is 2.27. The Morgan fingerprint density at radius 1 is 1.40 bits per heavy atom. The van der Waals surface area contributed by atoms with Crippen molar-refractivity contribution in [2.24, 2.45) is 5.92 Å². The van der Waals surface area contributed by atoms with Crippen LogP contribution in [-0.4, -0.2) is 15.7 Å². The maximum atomic E-state index is 11.8. The molecular formula is C15H16ClN3O. The van der Waals surface area contributed by atoms with E-state index in [0.29, 0.717) is 6.54 Å². The van der Waals surface area contributed by atoms with E-state index in [1.54, 1.807) is 10.9 Å². The van der Waals surface area contributed by atoms with E-state index < -0.39 is 0 Å². The number of halogens is 1. The van der Waals surface area contributed by atoms with Gasteiger partial charge in [-0.15, -0.1) is 0 Å². The molecule has 3 rings (SSSR count). The van der Waals surface area contributed by atoms with Crippen molar-refractivity contribution in [3.63, 3.8) is 0 Å². The van der Waals surface area contributed by atoms with Crippen LogP contribution < -0.4 is 5.32 Å². The molecule has 1 N–H and O–H groups in total. The molecule has 1 aliphatic rings. The number of rotatable bonds is 4. The molecule has 0 unspecified atom stereocenters. The molecule has 0 atom stereocenters. The van der Waals surface area contributed by atoms with Gasteiger partial charge in [-0.3, -0.25) is 9.48 Å². The minimum Gasteiger partial charge on any atom is -0.323 e. The van der Waals surface area contributed by atoms with Gasteiger partial charge in [0.2, 0.25) is 5.91 Å². The van der Waals surface area contributed by atoms with E-state index >= 15 is 0 Å². The van der Waals surface area contributed by atoms with Crippen LogP contribution in [0.2, 0.25) is 5.02 Å². The molecule has 0 aliphatic heterocycles. The first-order chi connectivity index (χ1) is 9.72. The molecule has 0 bridgehead atoms. The van der Waals surface area contributed by atoms with Gasteiger partial charge in [-0.1, -0.05) is 36.2 Å². The Hall–Kier alpha value is -1.81. The normalized spacial score (nSPS) is 14.8. The summed E-state index contributed by atoms with van der Waals surface area (Å²) in [6, 6.07) is 7.68. The number of anilines is 1. The van der Waals surface area contributed by atoms with Gasteiger partial charge in [-0.25, -0.2) is 0 Å². The standard InChI is InChI=1S/C15H16ClN3O/c16-14-7-2-1-4-12(14)9-19-10-13(8-17-19)18-15(20)11-5-3-6-11/h1-2,4,7-8,10-11H,3,5-6,9H2,(H,18,20). The highest BCUT2D eigenvalue weighted by Gasteiger charge is 2.25. The lowest BCUT2D eigenvalue weighted by atomic mass is 9.85. The van der Waals surface area contributed by atoms with Gasteiger partial charge >= 0.3 is 0 Å². The van der Waals surface area contributed by atoms with E-state index in [1.807, 2.05) is 30.5 Å². The molecule has 0 radical (unpaired) electrons. The molecule has 104 valence electrons. The summed E-state index contributed by atoms with van der Waals surface area (Å²) in [6.07, 6.45) is 6.66. The van der Waals surface area contributed by atoms with Crippen LogP contribution in [0.25, 0.3) is 0 Å². The quantitative estimate of drug-likeness (QED) is 0.938. The highest BCUT2D eigenvalue weighted by molar-refractivity contribution is 6.31. The van der Waals surface area contributed by atoms with Crippen LogP contribution in [0.5, 0.6) is 0 Å². The molecule has 1 heterocycles. The van der Waals surface area contributed by atoms with E-state index in [1.165, 1.54) is 0 Å². The number of carbonyl (C=O) groups is 1. The van der Waals surface area contributed by atoms with Crippen molar-refractivity contribution >= 4 is 23.2 Å². The summed E-state index contributed by atoms with van der Waals surface area (Å²) in [7, 11) is 0. The number of amides is 1. The van der Waals surface area contributed by atoms with Gasteiger partial charge in [0.05, 0.1) is 18.4 Å². The highest BCUT2D eigenvalue weighted by atomic mass is 35.5. The average molecular weight is 290 g/mol. The Balaban J connectivity index is 1.64. The maximum absolute atomic E-state index is 11.8. The molecule has 2 aromatic rings. The molecule has 5 heteroatoms. The number of nitrogens with one attached hydrogen (secondary N) is 1. The molecule has 1 aliphatic carbocycles. The molecule has 1 fully saturated rings. The summed E-state index contributed by atoms with van der Waals surface area (Å²) in [5.41, 5.74) is 1.75. The predicted octanol–water partition coefficient (Wildman–Crippen LogP) is 3.32. The Morgan fingerprint density at radius 3 is 2.90 bits per heavy atom. The summed E-state index contributed by atoms with van der Waals surface area (Å²) in [4.78, 5) is 11.8. The number of hydrogen-bond acceptors (Lipinski definition) is 2. The fraction of sp³-hybridized carbons (Fsp3) is 0.333. The summed E-state index contributed by atoms with van der Waals surface area (Å²) >= 11 is 6.12. The smallest absolute Gasteiger partial charge is 0.227 e. The Bertz CT molecular complexity index is 619. The van der Waals surface area contributed by atoms with Crippen molar-refractivity contribution < 1.29 is 4.79 Å². The number of hydrogen-bond donors (Lipinski definition) is 1. The number of benzene rings is 1. The van der Waals surface area contributed by atoms with Crippen molar-refractivity contribution in [3.05, 3.63) is 47.2 Å². The lowest BCUT2D eigenvalue weighted by molar-refractivity contribution is -0.122. The lowest BCUT2D eigenvalue weighted by Crippen LogP contribution is -2.27. The second kappa shape index (κ2) is 5.67. The zero-order valence-corrected chi connectivity index (χ0v) is 11.8. The fourth-order valence-electron chi connectivity index (χ4n) is 2.23. The van der Waals surface area contributed by atoms with Crippen molar-refractivity contribution in [1.82, 2.24) is 9.78 Å². The third-order valence-corrected chi connectivity index (χ3v) is 4.04. The summed E-state index contributed by atoms with van der Waals surface area (Å²) in [5, 5.41) is 7.89. The second-order valence-corrected chi connectivity index (χ2v) is 5.54. The van der Waals surface area contributed by atoms with Crippen LogP contribution in [0.4, 0.5) is 5.69 Å². The third-order valence-electron chi connectivity index (χ3n) is 3.67. The molecule has 20 heavy (non-hydrogen) atoms. The molecule has 1 aromatic heterocycles. The van der Waals surface area contributed by atoms with E-state index in [-0.39, 0.29) is 11.8 Å². The predicted molar refractivity (Wildman–Crippen MR) is 78.8 cm³/mol. The SMILES string of the molecule is O=C(Nc1cnn(Cc2ccccc2Cl)c1)C1CCC1. The first kappa shape index (κ1) is 13.2. The summed E-state index contributed by atoms with van der Waals surface area (Å²) < 4.78 is 1.78. The molecule has 1 saturated carbocycles. The van der Waals surface area contributed by atoms with Gasteiger partial charge in [-0.2, -0.15) is 5.10 Å². The summed E-state index contributed by atoms with van der Waals surface area (Å²) in [5.74, 6) is 0.287. The molecule has 0 saturated heterocycles. The molecule has 1 amide bonds. The zero-order chi connectivity index (χ0) is 13.9. The van der Waals surface area contributed by atoms with Crippen molar-refractivity contribution in [1.29, 1.82) is 0 Å².